The van der Waals surface area contributed by atoms with Gasteiger partial charge >= 0.3 is 6.18 Å². The first-order valence-electron chi connectivity index (χ1n) is 1.98. The topological polar surface area (TPSA) is 0 Å². The summed E-state index contributed by atoms with van der Waals surface area (Å²) in [5.41, 5.74) is 0. The molecule has 0 fully saturated rings. The van der Waals surface area contributed by atoms with Crippen LogP contribution in [0.4, 0.5) is 13.2 Å². The van der Waals surface area contributed by atoms with Gasteiger partial charge < -0.3 is 0 Å². The van der Waals surface area contributed by atoms with E-state index in [0.29, 0.717) is 0 Å². The summed E-state index contributed by atoms with van der Waals surface area (Å²) in [4.78, 5) is -0.0162. The first-order valence-corrected chi connectivity index (χ1v) is 2.39. The second-order valence-electron chi connectivity index (χ2n) is 1.49. The summed E-state index contributed by atoms with van der Waals surface area (Å²) >= 11 is 4.22. The maximum atomic E-state index is 11.2. The minimum atomic E-state index is -4.12. The molecule has 8 heavy (non-hydrogen) atoms. The van der Waals surface area contributed by atoms with E-state index in [4.69, 9.17) is 0 Å². The van der Waals surface area contributed by atoms with E-state index in [1.54, 1.807) is 0 Å². The summed E-state index contributed by atoms with van der Waals surface area (Å²) in [7, 11) is 0. The van der Waals surface area contributed by atoms with Gasteiger partial charge in [0.05, 0.1) is 6.42 Å². The Bertz CT molecular complexity index is 93.9. The van der Waals surface area contributed by atoms with Gasteiger partial charge in [-0.1, -0.05) is 12.2 Å². The maximum absolute atomic E-state index is 11.2. The third kappa shape index (κ3) is 5.88. The molecule has 0 unspecified atom stereocenters. The van der Waals surface area contributed by atoms with E-state index in [2.05, 4.69) is 12.2 Å². The van der Waals surface area contributed by atoms with Gasteiger partial charge in [-0.15, -0.1) is 0 Å². The Hall–Kier alpha value is -0.120. The lowest BCUT2D eigenvalue weighted by molar-refractivity contribution is -0.120. The summed E-state index contributed by atoms with van der Waals surface area (Å²) in [5.74, 6) is 0. The Morgan fingerprint density at radius 2 is 1.88 bits per heavy atom. The van der Waals surface area contributed by atoms with E-state index in [0.717, 1.165) is 0 Å². The molecule has 48 valence electrons. The number of hydrogen-bond donors (Lipinski definition) is 0. The molecule has 0 aromatic rings. The highest BCUT2D eigenvalue weighted by atomic mass is 32.1. The Labute approximate surface area is 50.7 Å². The van der Waals surface area contributed by atoms with Crippen LogP contribution >= 0.6 is 12.2 Å². The Kier molecular flexibility index (Phi) is 2.40. The molecule has 0 radical (unpaired) electrons. The lowest BCUT2D eigenvalue weighted by atomic mass is 10.3. The standard InChI is InChI=1S/C4H5F3S/c1-3(8)2-4(5,6)7/h2H2,1H3. The molecular formula is C4H5F3S. The van der Waals surface area contributed by atoms with E-state index >= 15 is 0 Å². The third-order valence-electron chi connectivity index (χ3n) is 0.449. The van der Waals surface area contributed by atoms with E-state index in [9.17, 15) is 13.2 Å². The summed E-state index contributed by atoms with van der Waals surface area (Å²) in [6.45, 7) is 1.28. The summed E-state index contributed by atoms with van der Waals surface area (Å²) < 4.78 is 33.7. The monoisotopic (exact) mass is 142 g/mol. The molecule has 0 aliphatic rings. The van der Waals surface area contributed by atoms with Gasteiger partial charge in [-0.05, 0) is 11.8 Å². The van der Waals surface area contributed by atoms with Gasteiger partial charge in [0.2, 0.25) is 0 Å². The SMILES string of the molecule is CC(=S)CC(F)(F)F. The molecule has 0 spiro atoms. The molecule has 0 atom stereocenters. The molecule has 0 aromatic heterocycles. The van der Waals surface area contributed by atoms with Crippen molar-refractivity contribution in [3.8, 4) is 0 Å². The first kappa shape index (κ1) is 7.88. The number of hydrogen-bond acceptors (Lipinski definition) is 1. The van der Waals surface area contributed by atoms with Crippen LogP contribution in [0.3, 0.4) is 0 Å². The molecule has 0 nitrogen and oxygen atoms in total. The number of halogens is 3. The molecule has 0 saturated heterocycles. The maximum Gasteiger partial charge on any atom is 0.393 e. The van der Waals surface area contributed by atoms with Gasteiger partial charge in [-0.2, -0.15) is 13.2 Å². The quantitative estimate of drug-likeness (QED) is 0.506. The normalized spacial score (nSPS) is 11.5. The van der Waals surface area contributed by atoms with Crippen LogP contribution in [0.1, 0.15) is 13.3 Å². The zero-order valence-corrected chi connectivity index (χ0v) is 5.07. The van der Waals surface area contributed by atoms with E-state index in [1.165, 1.54) is 6.92 Å². The van der Waals surface area contributed by atoms with Gasteiger partial charge in [-0.25, -0.2) is 0 Å². The molecule has 0 amide bonds. The van der Waals surface area contributed by atoms with Gasteiger partial charge in [0.1, 0.15) is 0 Å². The fourth-order valence-corrected chi connectivity index (χ4v) is 0.446. The Morgan fingerprint density at radius 3 is 1.88 bits per heavy atom. The lowest BCUT2D eigenvalue weighted by Crippen LogP contribution is -2.10. The van der Waals surface area contributed by atoms with Crippen LogP contribution in [0.2, 0.25) is 0 Å². The van der Waals surface area contributed by atoms with Crippen molar-refractivity contribution < 1.29 is 13.2 Å². The van der Waals surface area contributed by atoms with Crippen LogP contribution in [0.25, 0.3) is 0 Å². The predicted octanol–water partition coefficient (Wildman–Crippen LogP) is 2.33. The average Bonchev–Trinajstić information content (AvgIpc) is 1.21. The highest BCUT2D eigenvalue weighted by Crippen LogP contribution is 2.19. The predicted molar refractivity (Wildman–Crippen MR) is 28.9 cm³/mol. The number of alkyl halides is 3. The van der Waals surface area contributed by atoms with E-state index in [-0.39, 0.29) is 4.86 Å². The molecule has 0 saturated carbocycles. The smallest absolute Gasteiger partial charge is 0.171 e. The molecule has 0 rings (SSSR count). The molecular weight excluding hydrogens is 137 g/mol. The minimum absolute atomic E-state index is 0.0162. The second kappa shape index (κ2) is 2.44. The van der Waals surface area contributed by atoms with E-state index < -0.39 is 12.6 Å². The van der Waals surface area contributed by atoms with Gasteiger partial charge in [-0.3, -0.25) is 0 Å². The van der Waals surface area contributed by atoms with Gasteiger partial charge in [0, 0.05) is 0 Å². The molecule has 0 heterocycles. The average molecular weight is 142 g/mol. The third-order valence-corrected chi connectivity index (χ3v) is 0.594. The molecule has 0 bridgehead atoms. The van der Waals surface area contributed by atoms with Crippen molar-refractivity contribution in [2.45, 2.75) is 19.5 Å². The van der Waals surface area contributed by atoms with Crippen molar-refractivity contribution in [3.05, 3.63) is 0 Å². The second-order valence-corrected chi connectivity index (χ2v) is 2.19. The van der Waals surface area contributed by atoms with Gasteiger partial charge in [0.15, 0.2) is 0 Å². The fraction of sp³-hybridized carbons (Fsp3) is 0.750. The zero-order chi connectivity index (χ0) is 6.78. The minimum Gasteiger partial charge on any atom is -0.171 e. The van der Waals surface area contributed by atoms with Crippen molar-refractivity contribution >= 4 is 17.1 Å². The zero-order valence-electron chi connectivity index (χ0n) is 4.25. The van der Waals surface area contributed by atoms with Crippen LogP contribution < -0.4 is 0 Å². The summed E-state index contributed by atoms with van der Waals surface area (Å²) in [5, 5.41) is 0. The Morgan fingerprint density at radius 1 is 1.50 bits per heavy atom. The summed E-state index contributed by atoms with van der Waals surface area (Å²) in [6, 6.07) is 0. The van der Waals surface area contributed by atoms with Crippen LogP contribution in [-0.4, -0.2) is 11.0 Å². The Balaban J connectivity index is 3.55. The van der Waals surface area contributed by atoms with Crippen molar-refractivity contribution in [1.29, 1.82) is 0 Å². The highest BCUT2D eigenvalue weighted by molar-refractivity contribution is 7.80. The van der Waals surface area contributed by atoms with Crippen molar-refractivity contribution in [3.63, 3.8) is 0 Å². The van der Waals surface area contributed by atoms with Crippen LogP contribution in [0.15, 0.2) is 0 Å². The van der Waals surface area contributed by atoms with Crippen molar-refractivity contribution in [2.24, 2.45) is 0 Å². The highest BCUT2D eigenvalue weighted by Gasteiger charge is 2.27. The van der Waals surface area contributed by atoms with Gasteiger partial charge in [0.25, 0.3) is 0 Å². The molecule has 0 aliphatic carbocycles. The first-order chi connectivity index (χ1) is 3.42. The van der Waals surface area contributed by atoms with Crippen molar-refractivity contribution in [1.82, 2.24) is 0 Å². The number of rotatable bonds is 1. The number of thiocarbonyl (C=S) groups is 1. The van der Waals surface area contributed by atoms with Crippen LogP contribution in [-0.2, 0) is 0 Å². The van der Waals surface area contributed by atoms with E-state index in [1.807, 2.05) is 0 Å². The largest absolute Gasteiger partial charge is 0.393 e. The summed E-state index contributed by atoms with van der Waals surface area (Å²) in [6.07, 6.45) is -5.06. The lowest BCUT2D eigenvalue weighted by Gasteiger charge is -2.01. The molecule has 4 heteroatoms. The fourth-order valence-electron chi connectivity index (χ4n) is 0.282. The van der Waals surface area contributed by atoms with Crippen LogP contribution in [0.5, 0.6) is 0 Å². The molecule has 0 aliphatic heterocycles. The van der Waals surface area contributed by atoms with Crippen molar-refractivity contribution in [2.75, 3.05) is 0 Å². The molecule has 0 aromatic carbocycles. The van der Waals surface area contributed by atoms with Crippen LogP contribution in [0, 0.1) is 0 Å². The molecule has 0 N–H and O–H groups in total.